The minimum absolute atomic E-state index is 0.0196. The summed E-state index contributed by atoms with van der Waals surface area (Å²) in [5.41, 5.74) is 2.10. The van der Waals surface area contributed by atoms with Crippen molar-refractivity contribution in [1.82, 2.24) is 10.2 Å². The van der Waals surface area contributed by atoms with Crippen molar-refractivity contribution in [2.45, 2.75) is 45.2 Å². The van der Waals surface area contributed by atoms with Gasteiger partial charge in [0, 0.05) is 18.3 Å². The summed E-state index contributed by atoms with van der Waals surface area (Å²) < 4.78 is 5.28. The number of nitrogens with one attached hydrogen (secondary N) is 1. The zero-order chi connectivity index (χ0) is 21.2. The Balaban J connectivity index is 2.09. The van der Waals surface area contributed by atoms with Crippen LogP contribution in [-0.4, -0.2) is 41.7 Å². The largest absolute Gasteiger partial charge is 0.497 e. The molecule has 0 radical (unpaired) electrons. The third-order valence-electron chi connectivity index (χ3n) is 4.42. The number of nitrogens with zero attached hydrogens (tertiary/aromatic N) is 1. The van der Waals surface area contributed by atoms with Crippen LogP contribution in [0.2, 0.25) is 0 Å². The van der Waals surface area contributed by atoms with Gasteiger partial charge in [-0.3, -0.25) is 9.59 Å². The molecule has 0 unspecified atom stereocenters. The predicted molar refractivity (Wildman–Crippen MR) is 119 cm³/mol. The van der Waals surface area contributed by atoms with Crippen molar-refractivity contribution in [3.8, 4) is 5.75 Å². The average molecular weight is 415 g/mol. The molecule has 0 saturated carbocycles. The van der Waals surface area contributed by atoms with Gasteiger partial charge in [0.1, 0.15) is 11.8 Å². The molecular formula is C23H30N2O3S. The van der Waals surface area contributed by atoms with Crippen LogP contribution < -0.4 is 10.1 Å². The molecule has 0 aliphatic rings. The number of thioether (sulfide) groups is 1. The number of amides is 2. The maximum Gasteiger partial charge on any atom is 0.242 e. The lowest BCUT2D eigenvalue weighted by molar-refractivity contribution is -0.138. The Morgan fingerprint density at radius 2 is 1.72 bits per heavy atom. The quantitative estimate of drug-likeness (QED) is 0.641. The first-order valence-corrected chi connectivity index (χ1v) is 10.9. The van der Waals surface area contributed by atoms with Crippen molar-refractivity contribution in [3.05, 3.63) is 65.7 Å². The molecule has 2 aromatic carbocycles. The predicted octanol–water partition coefficient (Wildman–Crippen LogP) is 3.87. The SMILES string of the molecule is COc1cccc(CN(C(=O)CSCc2ccccc2)[C@H](C)C(=O)NC(C)C)c1. The van der Waals surface area contributed by atoms with Crippen molar-refractivity contribution in [3.63, 3.8) is 0 Å². The molecule has 2 aromatic rings. The number of rotatable bonds is 10. The van der Waals surface area contributed by atoms with Crippen LogP contribution in [0.4, 0.5) is 0 Å². The van der Waals surface area contributed by atoms with Crippen LogP contribution >= 0.6 is 11.8 Å². The number of methoxy groups -OCH3 is 1. The van der Waals surface area contributed by atoms with Crippen molar-refractivity contribution in [2.24, 2.45) is 0 Å². The number of benzene rings is 2. The van der Waals surface area contributed by atoms with Gasteiger partial charge < -0.3 is 15.0 Å². The third kappa shape index (κ3) is 7.46. The van der Waals surface area contributed by atoms with E-state index >= 15 is 0 Å². The number of ether oxygens (including phenoxy) is 1. The highest BCUT2D eigenvalue weighted by Gasteiger charge is 2.26. The monoisotopic (exact) mass is 414 g/mol. The fourth-order valence-corrected chi connectivity index (χ4v) is 3.74. The van der Waals surface area contributed by atoms with Crippen LogP contribution in [0.15, 0.2) is 54.6 Å². The van der Waals surface area contributed by atoms with Gasteiger partial charge in [0.05, 0.1) is 12.9 Å². The second-order valence-electron chi connectivity index (χ2n) is 7.19. The summed E-state index contributed by atoms with van der Waals surface area (Å²) in [6, 6.07) is 17.1. The van der Waals surface area contributed by atoms with Crippen molar-refractivity contribution < 1.29 is 14.3 Å². The topological polar surface area (TPSA) is 58.6 Å². The summed E-state index contributed by atoms with van der Waals surface area (Å²) in [6.45, 7) is 5.95. The van der Waals surface area contributed by atoms with E-state index in [1.165, 1.54) is 5.56 Å². The fourth-order valence-electron chi connectivity index (χ4n) is 2.87. The van der Waals surface area contributed by atoms with Gasteiger partial charge in [0.25, 0.3) is 0 Å². The van der Waals surface area contributed by atoms with E-state index in [0.717, 1.165) is 17.1 Å². The van der Waals surface area contributed by atoms with E-state index in [0.29, 0.717) is 12.3 Å². The van der Waals surface area contributed by atoms with Crippen LogP contribution in [0, 0.1) is 0 Å². The molecule has 0 spiro atoms. The van der Waals surface area contributed by atoms with E-state index < -0.39 is 6.04 Å². The zero-order valence-electron chi connectivity index (χ0n) is 17.6. The van der Waals surface area contributed by atoms with Crippen molar-refractivity contribution in [2.75, 3.05) is 12.9 Å². The Kier molecular flexibility index (Phi) is 9.06. The first kappa shape index (κ1) is 22.8. The molecule has 2 amide bonds. The molecule has 1 atom stereocenters. The lowest BCUT2D eigenvalue weighted by atomic mass is 10.1. The van der Waals surface area contributed by atoms with E-state index in [4.69, 9.17) is 4.74 Å². The average Bonchev–Trinajstić information content (AvgIpc) is 2.71. The summed E-state index contributed by atoms with van der Waals surface area (Å²) >= 11 is 1.56. The highest BCUT2D eigenvalue weighted by atomic mass is 32.2. The van der Waals surface area contributed by atoms with Gasteiger partial charge in [-0.15, -0.1) is 11.8 Å². The molecular weight excluding hydrogens is 384 g/mol. The molecule has 2 rings (SSSR count). The van der Waals surface area contributed by atoms with Crippen molar-refractivity contribution in [1.29, 1.82) is 0 Å². The Bertz CT molecular complexity index is 796. The van der Waals surface area contributed by atoms with Crippen LogP contribution in [0.25, 0.3) is 0 Å². The number of hydrogen-bond donors (Lipinski definition) is 1. The first-order valence-electron chi connectivity index (χ1n) is 9.75. The van der Waals surface area contributed by atoms with Gasteiger partial charge in [-0.1, -0.05) is 42.5 Å². The normalized spacial score (nSPS) is 11.8. The summed E-state index contributed by atoms with van der Waals surface area (Å²) in [5.74, 6) is 1.60. The molecule has 156 valence electrons. The number of carbonyl (C=O) groups is 2. The van der Waals surface area contributed by atoms with E-state index in [2.05, 4.69) is 5.32 Å². The zero-order valence-corrected chi connectivity index (χ0v) is 18.4. The molecule has 6 heteroatoms. The molecule has 0 bridgehead atoms. The van der Waals surface area contributed by atoms with Gasteiger partial charge >= 0.3 is 0 Å². The highest BCUT2D eigenvalue weighted by molar-refractivity contribution is 7.99. The number of hydrogen-bond acceptors (Lipinski definition) is 4. The van der Waals surface area contributed by atoms with Gasteiger partial charge in [-0.05, 0) is 44.0 Å². The number of carbonyl (C=O) groups excluding carboxylic acids is 2. The summed E-state index contributed by atoms with van der Waals surface area (Å²) in [6.07, 6.45) is 0. The minimum Gasteiger partial charge on any atom is -0.497 e. The third-order valence-corrected chi connectivity index (χ3v) is 5.41. The highest BCUT2D eigenvalue weighted by Crippen LogP contribution is 2.18. The van der Waals surface area contributed by atoms with Crippen LogP contribution in [0.5, 0.6) is 5.75 Å². The van der Waals surface area contributed by atoms with Crippen LogP contribution in [-0.2, 0) is 21.9 Å². The minimum atomic E-state index is -0.562. The molecule has 29 heavy (non-hydrogen) atoms. The Labute approximate surface area is 177 Å². The molecule has 0 aromatic heterocycles. The Morgan fingerprint density at radius 1 is 1.03 bits per heavy atom. The Morgan fingerprint density at radius 3 is 2.38 bits per heavy atom. The van der Waals surface area contributed by atoms with E-state index in [-0.39, 0.29) is 17.9 Å². The fraction of sp³-hybridized carbons (Fsp3) is 0.391. The Hall–Kier alpha value is -2.47. The lowest BCUT2D eigenvalue weighted by Crippen LogP contribution is -2.49. The van der Waals surface area contributed by atoms with E-state index in [9.17, 15) is 9.59 Å². The summed E-state index contributed by atoms with van der Waals surface area (Å²) in [7, 11) is 1.61. The molecule has 5 nitrogen and oxygen atoms in total. The van der Waals surface area contributed by atoms with Gasteiger partial charge in [-0.2, -0.15) is 0 Å². The van der Waals surface area contributed by atoms with Gasteiger partial charge in [0.15, 0.2) is 0 Å². The van der Waals surface area contributed by atoms with Crippen LogP contribution in [0.1, 0.15) is 31.9 Å². The smallest absolute Gasteiger partial charge is 0.242 e. The second kappa shape index (κ2) is 11.5. The molecule has 0 fully saturated rings. The van der Waals surface area contributed by atoms with Crippen LogP contribution in [0.3, 0.4) is 0 Å². The summed E-state index contributed by atoms with van der Waals surface area (Å²) in [5, 5.41) is 2.90. The molecule has 0 heterocycles. The second-order valence-corrected chi connectivity index (χ2v) is 8.18. The summed E-state index contributed by atoms with van der Waals surface area (Å²) in [4.78, 5) is 27.2. The lowest BCUT2D eigenvalue weighted by Gasteiger charge is -2.29. The maximum absolute atomic E-state index is 13.0. The van der Waals surface area contributed by atoms with Crippen molar-refractivity contribution >= 4 is 23.6 Å². The first-order chi connectivity index (χ1) is 13.9. The standard InChI is InChI=1S/C23H30N2O3S/c1-17(2)24-23(27)18(3)25(14-20-11-8-12-21(13-20)28-4)22(26)16-29-15-19-9-6-5-7-10-19/h5-13,17-18H,14-16H2,1-4H3,(H,24,27)/t18-/m1/s1. The molecule has 0 aliphatic heterocycles. The maximum atomic E-state index is 13.0. The van der Waals surface area contributed by atoms with E-state index in [1.807, 2.05) is 68.4 Å². The molecule has 0 saturated heterocycles. The van der Waals surface area contributed by atoms with Gasteiger partial charge in [0.2, 0.25) is 11.8 Å². The van der Waals surface area contributed by atoms with E-state index in [1.54, 1.807) is 30.7 Å². The van der Waals surface area contributed by atoms with Gasteiger partial charge in [-0.25, -0.2) is 0 Å². The molecule has 0 aliphatic carbocycles. The molecule has 1 N–H and O–H groups in total.